The molecule has 0 radical (unpaired) electrons. The standard InChI is InChI=1S/C14H14N4O4S/c1-3-21-14(20)11-10(9(4-15)12(16)23-11)7-22-13(19)8-5-17-18(2)6-8/h5-6H,3,7,16H2,1-2H3. The fourth-order valence-corrected chi connectivity index (χ4v) is 2.77. The maximum absolute atomic E-state index is 11.9. The molecule has 0 fully saturated rings. The molecule has 8 nitrogen and oxygen atoms in total. The minimum Gasteiger partial charge on any atom is -0.462 e. The van der Waals surface area contributed by atoms with Gasteiger partial charge in [0.1, 0.15) is 22.6 Å². The topological polar surface area (TPSA) is 120 Å². The minimum atomic E-state index is -0.610. The lowest BCUT2D eigenvalue weighted by atomic mass is 10.1. The van der Waals surface area contributed by atoms with E-state index in [0.29, 0.717) is 0 Å². The molecule has 0 bridgehead atoms. The Morgan fingerprint density at radius 2 is 2.17 bits per heavy atom. The minimum absolute atomic E-state index is 0.122. The Kier molecular flexibility index (Phi) is 4.98. The summed E-state index contributed by atoms with van der Waals surface area (Å²) in [6.45, 7) is 1.61. The van der Waals surface area contributed by atoms with Crippen molar-refractivity contribution in [3.05, 3.63) is 34.0 Å². The van der Waals surface area contributed by atoms with Crippen LogP contribution in [0.1, 0.15) is 38.1 Å². The van der Waals surface area contributed by atoms with Crippen molar-refractivity contribution >= 4 is 28.3 Å². The first kappa shape index (κ1) is 16.5. The van der Waals surface area contributed by atoms with E-state index < -0.39 is 11.9 Å². The molecule has 0 aliphatic heterocycles. The Hall–Kier alpha value is -2.86. The number of rotatable bonds is 5. The Bertz CT molecular complexity index is 787. The van der Waals surface area contributed by atoms with Gasteiger partial charge in [0.2, 0.25) is 0 Å². The molecule has 0 saturated carbocycles. The molecule has 0 unspecified atom stereocenters. The summed E-state index contributed by atoms with van der Waals surface area (Å²) in [5, 5.41) is 13.2. The van der Waals surface area contributed by atoms with Crippen molar-refractivity contribution in [2.75, 3.05) is 12.3 Å². The zero-order valence-electron chi connectivity index (χ0n) is 12.5. The summed E-state index contributed by atoms with van der Waals surface area (Å²) in [6.07, 6.45) is 2.86. The second-order valence-corrected chi connectivity index (χ2v) is 5.51. The number of nitrogen functional groups attached to an aromatic ring is 1. The number of carbonyl (C=O) groups is 2. The highest BCUT2D eigenvalue weighted by Crippen LogP contribution is 2.32. The Labute approximate surface area is 136 Å². The molecule has 0 atom stereocenters. The van der Waals surface area contributed by atoms with E-state index in [-0.39, 0.29) is 39.8 Å². The number of carbonyl (C=O) groups excluding carboxylic acids is 2. The van der Waals surface area contributed by atoms with E-state index in [0.717, 1.165) is 11.3 Å². The van der Waals surface area contributed by atoms with Crippen LogP contribution >= 0.6 is 11.3 Å². The molecule has 2 aromatic heterocycles. The lowest BCUT2D eigenvalue weighted by Crippen LogP contribution is -2.09. The van der Waals surface area contributed by atoms with Gasteiger partial charge < -0.3 is 15.2 Å². The van der Waals surface area contributed by atoms with Gasteiger partial charge in [0.15, 0.2) is 0 Å². The highest BCUT2D eigenvalue weighted by Gasteiger charge is 2.24. The molecule has 0 spiro atoms. The Morgan fingerprint density at radius 1 is 1.43 bits per heavy atom. The molecule has 0 aromatic carbocycles. The van der Waals surface area contributed by atoms with E-state index in [9.17, 15) is 14.9 Å². The predicted octanol–water partition coefficient (Wildman–Crippen LogP) is 1.47. The van der Waals surface area contributed by atoms with Crippen molar-refractivity contribution in [2.24, 2.45) is 7.05 Å². The van der Waals surface area contributed by atoms with Crippen LogP contribution in [-0.2, 0) is 23.1 Å². The third kappa shape index (κ3) is 3.49. The number of anilines is 1. The number of esters is 2. The molecule has 120 valence electrons. The highest BCUT2D eigenvalue weighted by atomic mass is 32.1. The monoisotopic (exact) mass is 334 g/mol. The Morgan fingerprint density at radius 3 is 2.74 bits per heavy atom. The summed E-state index contributed by atoms with van der Waals surface area (Å²) < 4.78 is 11.5. The fraction of sp³-hybridized carbons (Fsp3) is 0.286. The van der Waals surface area contributed by atoms with E-state index >= 15 is 0 Å². The van der Waals surface area contributed by atoms with Crippen LogP contribution in [0.5, 0.6) is 0 Å². The second kappa shape index (κ2) is 6.93. The summed E-state index contributed by atoms with van der Waals surface area (Å²) in [7, 11) is 1.67. The number of aromatic nitrogens is 2. The number of ether oxygens (including phenoxy) is 2. The zero-order chi connectivity index (χ0) is 17.0. The average molecular weight is 334 g/mol. The highest BCUT2D eigenvalue weighted by molar-refractivity contribution is 7.18. The summed E-state index contributed by atoms with van der Waals surface area (Å²) in [5.41, 5.74) is 6.39. The van der Waals surface area contributed by atoms with Gasteiger partial charge in [0.25, 0.3) is 0 Å². The molecule has 2 rings (SSSR count). The third-order valence-electron chi connectivity index (χ3n) is 2.90. The van der Waals surface area contributed by atoms with Crippen LogP contribution < -0.4 is 5.73 Å². The number of nitrogens with two attached hydrogens (primary N) is 1. The normalized spacial score (nSPS) is 10.1. The van der Waals surface area contributed by atoms with Crippen LogP contribution in [0.4, 0.5) is 5.00 Å². The third-order valence-corrected chi connectivity index (χ3v) is 3.94. The first-order chi connectivity index (χ1) is 11.0. The van der Waals surface area contributed by atoms with Gasteiger partial charge in [0.05, 0.1) is 23.9 Å². The molecule has 23 heavy (non-hydrogen) atoms. The molecule has 0 aliphatic carbocycles. The average Bonchev–Trinajstić information content (AvgIpc) is 3.08. The van der Waals surface area contributed by atoms with E-state index in [1.54, 1.807) is 14.0 Å². The van der Waals surface area contributed by atoms with Crippen LogP contribution in [0.2, 0.25) is 0 Å². The lowest BCUT2D eigenvalue weighted by Gasteiger charge is -2.05. The number of hydrogen-bond acceptors (Lipinski definition) is 8. The first-order valence-corrected chi connectivity index (χ1v) is 7.43. The summed E-state index contributed by atoms with van der Waals surface area (Å²) in [6, 6.07) is 1.92. The number of nitriles is 1. The van der Waals surface area contributed by atoms with Gasteiger partial charge >= 0.3 is 11.9 Å². The maximum atomic E-state index is 11.9. The van der Waals surface area contributed by atoms with Crippen molar-refractivity contribution < 1.29 is 19.1 Å². The molecular formula is C14H14N4O4S. The molecule has 0 saturated heterocycles. The van der Waals surface area contributed by atoms with E-state index in [1.165, 1.54) is 17.1 Å². The molecule has 0 amide bonds. The number of thiophene rings is 1. The molecule has 0 aliphatic rings. The quantitative estimate of drug-likeness (QED) is 0.822. The Balaban J connectivity index is 2.23. The maximum Gasteiger partial charge on any atom is 0.348 e. The zero-order valence-corrected chi connectivity index (χ0v) is 13.3. The smallest absolute Gasteiger partial charge is 0.348 e. The van der Waals surface area contributed by atoms with Gasteiger partial charge in [0, 0.05) is 18.8 Å². The van der Waals surface area contributed by atoms with Gasteiger partial charge in [-0.05, 0) is 6.92 Å². The number of aryl methyl sites for hydroxylation is 1. The van der Waals surface area contributed by atoms with E-state index in [1.807, 2.05) is 6.07 Å². The van der Waals surface area contributed by atoms with Gasteiger partial charge in [-0.3, -0.25) is 4.68 Å². The summed E-state index contributed by atoms with van der Waals surface area (Å²) in [5.74, 6) is -1.21. The van der Waals surface area contributed by atoms with Crippen LogP contribution in [0.25, 0.3) is 0 Å². The van der Waals surface area contributed by atoms with Gasteiger partial charge in [-0.2, -0.15) is 10.4 Å². The molecular weight excluding hydrogens is 320 g/mol. The van der Waals surface area contributed by atoms with Gasteiger partial charge in [-0.25, -0.2) is 9.59 Å². The fourth-order valence-electron chi connectivity index (χ4n) is 1.85. The van der Waals surface area contributed by atoms with E-state index in [2.05, 4.69) is 5.10 Å². The van der Waals surface area contributed by atoms with Gasteiger partial charge in [-0.15, -0.1) is 11.3 Å². The first-order valence-electron chi connectivity index (χ1n) is 6.62. The van der Waals surface area contributed by atoms with Crippen molar-refractivity contribution in [1.82, 2.24) is 9.78 Å². The lowest BCUT2D eigenvalue weighted by molar-refractivity contribution is 0.0452. The largest absolute Gasteiger partial charge is 0.462 e. The number of nitrogens with zero attached hydrogens (tertiary/aromatic N) is 3. The van der Waals surface area contributed by atoms with Crippen LogP contribution in [-0.4, -0.2) is 28.3 Å². The SMILES string of the molecule is CCOC(=O)c1sc(N)c(C#N)c1COC(=O)c1cnn(C)c1. The van der Waals surface area contributed by atoms with Crippen LogP contribution in [0.15, 0.2) is 12.4 Å². The molecule has 2 aromatic rings. The van der Waals surface area contributed by atoms with Crippen molar-refractivity contribution in [2.45, 2.75) is 13.5 Å². The summed E-state index contributed by atoms with van der Waals surface area (Å²) >= 11 is 0.938. The molecule has 2 heterocycles. The molecule has 2 N–H and O–H groups in total. The predicted molar refractivity (Wildman–Crippen MR) is 81.7 cm³/mol. The number of hydrogen-bond donors (Lipinski definition) is 1. The van der Waals surface area contributed by atoms with Gasteiger partial charge in [-0.1, -0.05) is 0 Å². The van der Waals surface area contributed by atoms with Crippen LogP contribution in [0, 0.1) is 11.3 Å². The van der Waals surface area contributed by atoms with Crippen molar-refractivity contribution in [3.8, 4) is 6.07 Å². The van der Waals surface area contributed by atoms with Crippen LogP contribution in [0.3, 0.4) is 0 Å². The van der Waals surface area contributed by atoms with E-state index in [4.69, 9.17) is 15.2 Å². The van der Waals surface area contributed by atoms with Crippen molar-refractivity contribution in [3.63, 3.8) is 0 Å². The molecule has 9 heteroatoms. The van der Waals surface area contributed by atoms with Crippen molar-refractivity contribution in [1.29, 1.82) is 5.26 Å². The summed E-state index contributed by atoms with van der Waals surface area (Å²) in [4.78, 5) is 24.0. The second-order valence-electron chi connectivity index (χ2n) is 4.46.